The van der Waals surface area contributed by atoms with Gasteiger partial charge in [0.1, 0.15) is 5.00 Å². The second kappa shape index (κ2) is 5.65. The van der Waals surface area contributed by atoms with Crippen LogP contribution in [0.15, 0.2) is 65.0 Å². The van der Waals surface area contributed by atoms with Gasteiger partial charge in [0.15, 0.2) is 0 Å². The van der Waals surface area contributed by atoms with Gasteiger partial charge in [0.25, 0.3) is 0 Å². The van der Waals surface area contributed by atoms with E-state index in [0.717, 1.165) is 16.3 Å². The Hall–Kier alpha value is -3.00. The van der Waals surface area contributed by atoms with Crippen molar-refractivity contribution >= 4 is 11.3 Å². The molecule has 0 saturated carbocycles. The summed E-state index contributed by atoms with van der Waals surface area (Å²) in [5.41, 5.74) is 1.69. The van der Waals surface area contributed by atoms with Crippen LogP contribution in [-0.4, -0.2) is 29.6 Å². The van der Waals surface area contributed by atoms with E-state index in [4.69, 9.17) is 0 Å². The van der Waals surface area contributed by atoms with Crippen molar-refractivity contribution in [3.05, 3.63) is 76.3 Å². The normalized spacial score (nSPS) is 11.0. The third kappa shape index (κ3) is 2.59. The van der Waals surface area contributed by atoms with Crippen molar-refractivity contribution in [1.29, 1.82) is 0 Å². The van der Waals surface area contributed by atoms with E-state index in [0.29, 0.717) is 6.54 Å². The van der Waals surface area contributed by atoms with Crippen molar-refractivity contribution in [3.63, 3.8) is 0 Å². The van der Waals surface area contributed by atoms with Gasteiger partial charge in [-0.15, -0.1) is 11.3 Å². The Balaban J connectivity index is 1.58. The summed E-state index contributed by atoms with van der Waals surface area (Å²) in [7, 11) is 0. The summed E-state index contributed by atoms with van der Waals surface area (Å²) in [6.07, 6.45) is 3.61. The van der Waals surface area contributed by atoms with Gasteiger partial charge in [0.2, 0.25) is 0 Å². The minimum Gasteiger partial charge on any atom is -0.244 e. The van der Waals surface area contributed by atoms with Gasteiger partial charge in [0, 0.05) is 12.4 Å². The largest absolute Gasteiger partial charge is 0.369 e. The molecule has 0 bridgehead atoms. The Morgan fingerprint density at radius 3 is 2.61 bits per heavy atom. The number of tetrazole rings is 1. The third-order valence-corrected chi connectivity index (χ3v) is 4.24. The van der Waals surface area contributed by atoms with Gasteiger partial charge in [-0.1, -0.05) is 12.1 Å². The maximum absolute atomic E-state index is 12.3. The zero-order chi connectivity index (χ0) is 15.6. The molecule has 23 heavy (non-hydrogen) atoms. The minimum atomic E-state index is -0.247. The van der Waals surface area contributed by atoms with E-state index in [9.17, 15) is 4.79 Å². The first kappa shape index (κ1) is 13.6. The van der Waals surface area contributed by atoms with Crippen molar-refractivity contribution in [1.82, 2.24) is 29.6 Å². The summed E-state index contributed by atoms with van der Waals surface area (Å²) in [5.74, 6) is 0. The first-order chi connectivity index (χ1) is 11.3. The lowest BCUT2D eigenvalue weighted by atomic mass is 10.2. The Kier molecular flexibility index (Phi) is 3.35. The van der Waals surface area contributed by atoms with Crippen molar-refractivity contribution < 1.29 is 0 Å². The predicted molar refractivity (Wildman–Crippen MR) is 86.2 cm³/mol. The molecule has 7 nitrogen and oxygen atoms in total. The van der Waals surface area contributed by atoms with Crippen LogP contribution in [0.5, 0.6) is 0 Å². The summed E-state index contributed by atoms with van der Waals surface area (Å²) < 4.78 is 4.44. The molecule has 8 heteroatoms. The number of nitrogens with zero attached hydrogens (tertiary/aromatic N) is 6. The molecule has 0 aliphatic rings. The average Bonchev–Trinajstić information content (AvgIpc) is 3.31. The molecule has 0 unspecified atom stereocenters. The second-order valence-electron chi connectivity index (χ2n) is 4.90. The number of hydrogen-bond acceptors (Lipinski definition) is 5. The number of thiophene rings is 1. The van der Waals surface area contributed by atoms with Crippen molar-refractivity contribution in [2.75, 3.05) is 0 Å². The quantitative estimate of drug-likeness (QED) is 0.573. The lowest BCUT2D eigenvalue weighted by molar-refractivity contribution is 0.631. The van der Waals surface area contributed by atoms with E-state index in [2.05, 4.69) is 15.5 Å². The van der Waals surface area contributed by atoms with Gasteiger partial charge in [-0.3, -0.25) is 0 Å². The first-order valence-electron chi connectivity index (χ1n) is 6.97. The molecule has 0 aliphatic heterocycles. The lowest BCUT2D eigenvalue weighted by Gasteiger charge is -2.03. The second-order valence-corrected chi connectivity index (χ2v) is 5.83. The van der Waals surface area contributed by atoms with E-state index in [1.807, 2.05) is 54.0 Å². The fourth-order valence-electron chi connectivity index (χ4n) is 2.25. The molecule has 0 spiro atoms. The fourth-order valence-corrected chi connectivity index (χ4v) is 2.92. The van der Waals surface area contributed by atoms with Crippen molar-refractivity contribution in [2.45, 2.75) is 6.54 Å². The molecule has 0 fully saturated rings. The topological polar surface area (TPSA) is 70.5 Å². The molecule has 0 atom stereocenters. The molecule has 0 amide bonds. The van der Waals surface area contributed by atoms with Crippen molar-refractivity contribution in [3.8, 4) is 10.7 Å². The zero-order valence-corrected chi connectivity index (χ0v) is 12.8. The summed E-state index contributed by atoms with van der Waals surface area (Å²) in [6, 6.07) is 13.4. The van der Waals surface area contributed by atoms with Crippen LogP contribution in [0.4, 0.5) is 0 Å². The van der Waals surface area contributed by atoms with E-state index >= 15 is 0 Å². The summed E-state index contributed by atoms with van der Waals surface area (Å²) in [6.45, 7) is 0.379. The van der Waals surface area contributed by atoms with Crippen LogP contribution >= 0.6 is 11.3 Å². The third-order valence-electron chi connectivity index (χ3n) is 3.39. The number of rotatable bonds is 4. The SMILES string of the molecule is O=c1n(Cc2ccc(-n3cccn3)cc2)nnn1-c1cccs1. The zero-order valence-electron chi connectivity index (χ0n) is 12.0. The highest BCUT2D eigenvalue weighted by Gasteiger charge is 2.10. The van der Waals surface area contributed by atoms with Crippen molar-refractivity contribution in [2.24, 2.45) is 0 Å². The number of aromatic nitrogens is 6. The molecular formula is C15H12N6OS. The van der Waals surface area contributed by atoms with Crippen LogP contribution in [0.2, 0.25) is 0 Å². The Bertz CT molecular complexity index is 951. The molecule has 3 heterocycles. The van der Waals surface area contributed by atoms with Gasteiger partial charge >= 0.3 is 5.69 Å². The molecule has 0 saturated heterocycles. The van der Waals surface area contributed by atoms with Crippen LogP contribution in [0.25, 0.3) is 10.7 Å². The van der Waals surface area contributed by atoms with Gasteiger partial charge in [-0.2, -0.15) is 14.5 Å². The van der Waals surface area contributed by atoms with E-state index < -0.39 is 0 Å². The highest BCUT2D eigenvalue weighted by molar-refractivity contribution is 7.12. The molecule has 3 aromatic heterocycles. The summed E-state index contributed by atoms with van der Waals surface area (Å²) >= 11 is 1.45. The molecule has 0 N–H and O–H groups in total. The maximum atomic E-state index is 12.3. The molecule has 114 valence electrons. The molecule has 1 aromatic carbocycles. The van der Waals surface area contributed by atoms with Gasteiger partial charge in [-0.05, 0) is 51.7 Å². The standard InChI is InChI=1S/C15H12N6OS/c22-15-20(17-18-21(15)14-3-1-10-23-14)11-12-4-6-13(7-5-12)19-9-2-8-16-19/h1-10H,11H2. The minimum absolute atomic E-state index is 0.247. The van der Waals surface area contributed by atoms with Crippen LogP contribution in [0.3, 0.4) is 0 Å². The summed E-state index contributed by atoms with van der Waals surface area (Å²) in [5, 5.41) is 14.7. The number of hydrogen-bond donors (Lipinski definition) is 0. The molecule has 4 aromatic rings. The maximum Gasteiger partial charge on any atom is 0.369 e. The summed E-state index contributed by atoms with van der Waals surface area (Å²) in [4.78, 5) is 12.3. The van der Waals surface area contributed by atoms with E-state index in [1.165, 1.54) is 20.7 Å². The van der Waals surface area contributed by atoms with Gasteiger partial charge in [-0.25, -0.2) is 9.48 Å². The van der Waals surface area contributed by atoms with Gasteiger partial charge in [0.05, 0.1) is 12.2 Å². The van der Waals surface area contributed by atoms with Crippen LogP contribution in [0.1, 0.15) is 5.56 Å². The molecule has 0 aliphatic carbocycles. The molecule has 4 rings (SSSR count). The van der Waals surface area contributed by atoms with E-state index in [-0.39, 0.29) is 5.69 Å². The van der Waals surface area contributed by atoms with Crippen LogP contribution in [-0.2, 0) is 6.54 Å². The lowest BCUT2D eigenvalue weighted by Crippen LogP contribution is -2.24. The average molecular weight is 324 g/mol. The Labute approximate surface area is 135 Å². The highest BCUT2D eigenvalue weighted by atomic mass is 32.1. The van der Waals surface area contributed by atoms with E-state index in [1.54, 1.807) is 10.9 Å². The fraction of sp³-hybridized carbons (Fsp3) is 0.0667. The highest BCUT2D eigenvalue weighted by Crippen LogP contribution is 2.11. The van der Waals surface area contributed by atoms with Crippen LogP contribution < -0.4 is 5.69 Å². The number of benzene rings is 1. The first-order valence-corrected chi connectivity index (χ1v) is 7.85. The van der Waals surface area contributed by atoms with Crippen LogP contribution in [0, 0.1) is 0 Å². The Morgan fingerprint density at radius 2 is 1.91 bits per heavy atom. The Morgan fingerprint density at radius 1 is 1.04 bits per heavy atom. The monoisotopic (exact) mass is 324 g/mol. The molecular weight excluding hydrogens is 312 g/mol. The smallest absolute Gasteiger partial charge is 0.244 e. The predicted octanol–water partition coefficient (Wildman–Crippen LogP) is 1.72. The molecule has 0 radical (unpaired) electrons. The van der Waals surface area contributed by atoms with Gasteiger partial charge < -0.3 is 0 Å².